The first kappa shape index (κ1) is 20.8. The molecule has 5 rings (SSSR count). The Morgan fingerprint density at radius 3 is 2.52 bits per heavy atom. The van der Waals surface area contributed by atoms with E-state index in [0.29, 0.717) is 27.8 Å². The minimum Gasteiger partial charge on any atom is -0.493 e. The van der Waals surface area contributed by atoms with Crippen molar-refractivity contribution in [3.05, 3.63) is 89.1 Å². The number of anilines is 1. The van der Waals surface area contributed by atoms with Gasteiger partial charge in [0.25, 0.3) is 5.91 Å². The Morgan fingerprint density at radius 1 is 0.970 bits per heavy atom. The summed E-state index contributed by atoms with van der Waals surface area (Å²) in [6.07, 6.45) is 3.75. The molecule has 0 atom stereocenters. The molecule has 1 aliphatic rings. The normalized spacial score (nSPS) is 13.7. The molecular formula is C26H20ClN3O3. The van der Waals surface area contributed by atoms with Gasteiger partial charge in [-0.3, -0.25) is 4.79 Å². The van der Waals surface area contributed by atoms with Crippen LogP contribution >= 0.6 is 11.6 Å². The minimum atomic E-state index is -0.182. The minimum absolute atomic E-state index is 0.182. The largest absolute Gasteiger partial charge is 0.493 e. The number of hydrogen-bond donors (Lipinski definition) is 1. The van der Waals surface area contributed by atoms with Crippen LogP contribution in [0.2, 0.25) is 5.02 Å². The molecule has 0 aliphatic carbocycles. The average Bonchev–Trinajstić information content (AvgIpc) is 3.40. The average molecular weight is 458 g/mol. The first-order valence-electron chi connectivity index (χ1n) is 10.3. The number of halogens is 1. The van der Waals surface area contributed by atoms with Crippen molar-refractivity contribution >= 4 is 34.8 Å². The summed E-state index contributed by atoms with van der Waals surface area (Å²) in [4.78, 5) is 12.8. The number of rotatable bonds is 5. The number of nitrogens with one attached hydrogen (secondary N) is 1. The van der Waals surface area contributed by atoms with Crippen LogP contribution < -0.4 is 14.8 Å². The van der Waals surface area contributed by atoms with Crippen molar-refractivity contribution < 1.29 is 14.3 Å². The lowest BCUT2D eigenvalue weighted by molar-refractivity contribution is -0.110. The van der Waals surface area contributed by atoms with E-state index in [1.54, 1.807) is 37.1 Å². The molecule has 7 heteroatoms. The van der Waals surface area contributed by atoms with Crippen LogP contribution in [0, 0.1) is 0 Å². The van der Waals surface area contributed by atoms with Crippen LogP contribution in [-0.2, 0) is 4.79 Å². The first-order valence-corrected chi connectivity index (χ1v) is 10.7. The zero-order valence-electron chi connectivity index (χ0n) is 18.0. The zero-order chi connectivity index (χ0) is 22.9. The molecular weight excluding hydrogens is 438 g/mol. The quantitative estimate of drug-likeness (QED) is 0.390. The number of hydrogen-bond acceptors (Lipinski definition) is 4. The van der Waals surface area contributed by atoms with E-state index in [9.17, 15) is 4.79 Å². The van der Waals surface area contributed by atoms with E-state index in [-0.39, 0.29) is 5.91 Å². The molecule has 0 bridgehead atoms. The van der Waals surface area contributed by atoms with Gasteiger partial charge in [-0.05, 0) is 54.6 Å². The van der Waals surface area contributed by atoms with Crippen molar-refractivity contribution in [2.45, 2.75) is 0 Å². The van der Waals surface area contributed by atoms with Crippen LogP contribution in [0.1, 0.15) is 11.1 Å². The van der Waals surface area contributed by atoms with Crippen molar-refractivity contribution in [1.29, 1.82) is 0 Å². The second-order valence-electron chi connectivity index (χ2n) is 7.48. The Kier molecular flexibility index (Phi) is 5.36. The molecule has 6 nitrogen and oxygen atoms in total. The summed E-state index contributed by atoms with van der Waals surface area (Å²) in [6.45, 7) is 0. The number of nitrogens with zero attached hydrogens (tertiary/aromatic N) is 2. The van der Waals surface area contributed by atoms with Crippen molar-refractivity contribution in [3.8, 4) is 28.4 Å². The van der Waals surface area contributed by atoms with Crippen LogP contribution in [0.3, 0.4) is 0 Å². The van der Waals surface area contributed by atoms with Crippen LogP contribution in [0.4, 0.5) is 5.69 Å². The maximum Gasteiger partial charge on any atom is 0.256 e. The Labute approximate surface area is 196 Å². The number of para-hydroxylation sites is 1. The third kappa shape index (κ3) is 3.85. The standard InChI is InChI=1S/C26H20ClN3O3/c1-32-23-11-8-16(13-24(23)33-2)25-17(15-30(29-25)19-6-4-3-5-7-19)12-21-20-14-18(27)9-10-22(20)28-26(21)31/h3-15H,1-2H3,(H,28,31). The van der Waals surface area contributed by atoms with Gasteiger partial charge in [0.05, 0.1) is 19.9 Å². The summed E-state index contributed by atoms with van der Waals surface area (Å²) in [7, 11) is 3.19. The molecule has 0 spiro atoms. The Morgan fingerprint density at radius 2 is 1.76 bits per heavy atom. The molecule has 0 unspecified atom stereocenters. The lowest BCUT2D eigenvalue weighted by atomic mass is 10.0. The Bertz CT molecular complexity index is 1390. The van der Waals surface area contributed by atoms with Gasteiger partial charge in [-0.2, -0.15) is 5.10 Å². The molecule has 164 valence electrons. The maximum absolute atomic E-state index is 12.8. The number of carbonyl (C=O) groups excluding carboxylic acids is 1. The van der Waals surface area contributed by atoms with Crippen molar-refractivity contribution in [1.82, 2.24) is 9.78 Å². The molecule has 1 aliphatic heterocycles. The van der Waals surface area contributed by atoms with E-state index in [1.807, 2.05) is 60.8 Å². The summed E-state index contributed by atoms with van der Waals surface area (Å²) in [5.41, 5.74) is 5.25. The summed E-state index contributed by atoms with van der Waals surface area (Å²) in [5.74, 6) is 1.04. The molecule has 1 amide bonds. The van der Waals surface area contributed by atoms with Crippen molar-refractivity contribution in [2.75, 3.05) is 19.5 Å². The highest BCUT2D eigenvalue weighted by atomic mass is 35.5. The summed E-state index contributed by atoms with van der Waals surface area (Å²) >= 11 is 6.20. The maximum atomic E-state index is 12.8. The van der Waals surface area contributed by atoms with Gasteiger partial charge >= 0.3 is 0 Å². The number of benzene rings is 3. The fourth-order valence-corrected chi connectivity index (χ4v) is 4.04. The summed E-state index contributed by atoms with van der Waals surface area (Å²) in [6, 6.07) is 20.8. The number of amides is 1. The third-order valence-corrected chi connectivity index (χ3v) is 5.72. The Balaban J connectivity index is 1.69. The molecule has 1 N–H and O–H groups in total. The molecule has 3 aromatic carbocycles. The van der Waals surface area contributed by atoms with Crippen molar-refractivity contribution in [3.63, 3.8) is 0 Å². The van der Waals surface area contributed by atoms with E-state index in [1.165, 1.54) is 0 Å². The fraction of sp³-hybridized carbons (Fsp3) is 0.0769. The molecule has 33 heavy (non-hydrogen) atoms. The van der Waals surface area contributed by atoms with Gasteiger partial charge in [0.15, 0.2) is 11.5 Å². The Hall–Kier alpha value is -4.03. The summed E-state index contributed by atoms with van der Waals surface area (Å²) < 4.78 is 12.7. The highest BCUT2D eigenvalue weighted by molar-refractivity contribution is 6.36. The van der Waals surface area contributed by atoms with Gasteiger partial charge in [0.1, 0.15) is 5.69 Å². The fourth-order valence-electron chi connectivity index (χ4n) is 3.87. The van der Waals surface area contributed by atoms with Crippen LogP contribution in [0.5, 0.6) is 11.5 Å². The second-order valence-corrected chi connectivity index (χ2v) is 7.92. The second kappa shape index (κ2) is 8.48. The predicted octanol–water partition coefficient (Wildman–Crippen LogP) is 5.70. The molecule has 1 aromatic heterocycles. The van der Waals surface area contributed by atoms with E-state index in [4.69, 9.17) is 26.2 Å². The molecule has 2 heterocycles. The third-order valence-electron chi connectivity index (χ3n) is 5.48. The van der Waals surface area contributed by atoms with Crippen LogP contribution in [0.15, 0.2) is 72.9 Å². The molecule has 4 aromatic rings. The number of ether oxygens (including phenoxy) is 2. The highest BCUT2D eigenvalue weighted by Gasteiger charge is 2.25. The van der Waals surface area contributed by atoms with Gasteiger partial charge in [-0.1, -0.05) is 29.8 Å². The number of fused-ring (bicyclic) bond motifs is 1. The van der Waals surface area contributed by atoms with Gasteiger partial charge in [0, 0.05) is 39.2 Å². The van der Waals surface area contributed by atoms with Gasteiger partial charge in [-0.15, -0.1) is 0 Å². The van der Waals surface area contributed by atoms with Gasteiger partial charge in [0.2, 0.25) is 0 Å². The lowest BCUT2D eigenvalue weighted by Gasteiger charge is -2.09. The number of methoxy groups -OCH3 is 2. The first-order chi connectivity index (χ1) is 16.1. The number of aromatic nitrogens is 2. The molecule has 0 saturated carbocycles. The summed E-state index contributed by atoms with van der Waals surface area (Å²) in [5, 5.41) is 8.30. The molecule has 0 radical (unpaired) electrons. The van der Waals surface area contributed by atoms with Crippen molar-refractivity contribution in [2.24, 2.45) is 0 Å². The predicted molar refractivity (Wildman–Crippen MR) is 130 cm³/mol. The molecule has 0 saturated heterocycles. The monoisotopic (exact) mass is 457 g/mol. The van der Waals surface area contributed by atoms with Gasteiger partial charge < -0.3 is 14.8 Å². The SMILES string of the molecule is COc1ccc(-c2nn(-c3ccccc3)cc2C=C2C(=O)Nc3ccc(Cl)cc32)cc1OC. The van der Waals surface area contributed by atoms with Crippen LogP contribution in [0.25, 0.3) is 28.6 Å². The van der Waals surface area contributed by atoms with E-state index >= 15 is 0 Å². The number of carbonyl (C=O) groups is 1. The molecule has 0 fully saturated rings. The van der Waals surface area contributed by atoms with E-state index in [2.05, 4.69) is 5.32 Å². The van der Waals surface area contributed by atoms with Crippen LogP contribution in [-0.4, -0.2) is 29.9 Å². The zero-order valence-corrected chi connectivity index (χ0v) is 18.8. The van der Waals surface area contributed by atoms with E-state index < -0.39 is 0 Å². The van der Waals surface area contributed by atoms with Gasteiger partial charge in [-0.25, -0.2) is 4.68 Å². The highest BCUT2D eigenvalue weighted by Crippen LogP contribution is 2.38. The lowest BCUT2D eigenvalue weighted by Crippen LogP contribution is -2.03. The van der Waals surface area contributed by atoms with E-state index in [0.717, 1.165) is 28.1 Å². The smallest absolute Gasteiger partial charge is 0.256 e. The topological polar surface area (TPSA) is 65.4 Å².